The lowest BCUT2D eigenvalue weighted by Crippen LogP contribution is -2.40. The summed E-state index contributed by atoms with van der Waals surface area (Å²) < 4.78 is 10.9. The molecule has 3 N–H and O–H groups in total. The number of amides is 1. The predicted octanol–water partition coefficient (Wildman–Crippen LogP) is 1.06. The lowest BCUT2D eigenvalue weighted by molar-refractivity contribution is -0.118. The third kappa shape index (κ3) is 7.50. The van der Waals surface area contributed by atoms with Crippen LogP contribution in [0.1, 0.15) is 31.9 Å². The van der Waals surface area contributed by atoms with Crippen molar-refractivity contribution in [2.24, 2.45) is 4.99 Å². The van der Waals surface area contributed by atoms with Gasteiger partial charge in [0.2, 0.25) is 5.91 Å². The van der Waals surface area contributed by atoms with E-state index in [0.717, 1.165) is 57.1 Å². The number of aliphatic imine (C=N–C) groups is 1. The Kier molecular flexibility index (Phi) is 8.17. The van der Waals surface area contributed by atoms with Crippen LogP contribution in [0, 0.1) is 0 Å². The van der Waals surface area contributed by atoms with Crippen molar-refractivity contribution in [3.05, 3.63) is 24.2 Å². The van der Waals surface area contributed by atoms with Gasteiger partial charge in [0.05, 0.1) is 18.9 Å². The van der Waals surface area contributed by atoms with E-state index in [1.165, 1.54) is 6.92 Å². The summed E-state index contributed by atoms with van der Waals surface area (Å²) in [6.07, 6.45) is 5.75. The fourth-order valence-electron chi connectivity index (χ4n) is 2.47. The second-order valence-corrected chi connectivity index (χ2v) is 5.84. The Morgan fingerprint density at radius 2 is 2.12 bits per heavy atom. The normalized spacial score (nSPS) is 17.7. The number of hydrogen-bond donors (Lipinski definition) is 3. The summed E-state index contributed by atoms with van der Waals surface area (Å²) in [5.41, 5.74) is 0. The van der Waals surface area contributed by atoms with Crippen LogP contribution in [0.2, 0.25) is 0 Å². The van der Waals surface area contributed by atoms with Gasteiger partial charge in [0, 0.05) is 39.6 Å². The maximum atomic E-state index is 10.9. The van der Waals surface area contributed by atoms with E-state index in [-0.39, 0.29) is 12.0 Å². The molecule has 0 aromatic carbocycles. The maximum absolute atomic E-state index is 10.9. The van der Waals surface area contributed by atoms with Gasteiger partial charge in [0.15, 0.2) is 5.96 Å². The number of carbonyl (C=O) groups excluding carboxylic acids is 1. The average Bonchev–Trinajstić information content (AvgIpc) is 3.25. The van der Waals surface area contributed by atoms with E-state index >= 15 is 0 Å². The van der Waals surface area contributed by atoms with Crippen molar-refractivity contribution in [2.45, 2.75) is 38.7 Å². The molecule has 0 radical (unpaired) electrons. The second kappa shape index (κ2) is 10.7. The number of furan rings is 1. The van der Waals surface area contributed by atoms with E-state index in [9.17, 15) is 4.79 Å². The SMILES string of the molecule is CC(=O)NCCCNC(=NCC1CCCO1)NCCc1ccco1. The molecule has 1 aliphatic rings. The molecule has 1 aliphatic heterocycles. The van der Waals surface area contributed by atoms with E-state index < -0.39 is 0 Å². The molecule has 0 spiro atoms. The Bertz CT molecular complexity index is 496. The summed E-state index contributed by atoms with van der Waals surface area (Å²) in [6, 6.07) is 3.85. The first-order valence-electron chi connectivity index (χ1n) is 8.64. The Balaban J connectivity index is 1.71. The molecule has 1 atom stereocenters. The number of hydrogen-bond acceptors (Lipinski definition) is 4. The molecule has 0 bridgehead atoms. The molecule has 7 nitrogen and oxygen atoms in total. The third-order valence-corrected chi connectivity index (χ3v) is 3.74. The largest absolute Gasteiger partial charge is 0.469 e. The molecule has 1 amide bonds. The van der Waals surface area contributed by atoms with Crippen LogP contribution in [0.3, 0.4) is 0 Å². The monoisotopic (exact) mass is 336 g/mol. The predicted molar refractivity (Wildman–Crippen MR) is 93.0 cm³/mol. The number of ether oxygens (including phenoxy) is 1. The molecule has 2 heterocycles. The van der Waals surface area contributed by atoms with Gasteiger partial charge in [-0.25, -0.2) is 0 Å². The molecule has 1 aromatic rings. The van der Waals surface area contributed by atoms with Gasteiger partial charge in [0.1, 0.15) is 5.76 Å². The van der Waals surface area contributed by atoms with Gasteiger partial charge in [-0.15, -0.1) is 0 Å². The summed E-state index contributed by atoms with van der Waals surface area (Å²) in [5.74, 6) is 1.73. The molecule has 1 fully saturated rings. The van der Waals surface area contributed by atoms with Gasteiger partial charge in [-0.1, -0.05) is 0 Å². The van der Waals surface area contributed by atoms with Gasteiger partial charge in [-0.2, -0.15) is 0 Å². The molecule has 1 unspecified atom stereocenters. The Morgan fingerprint density at radius 3 is 2.83 bits per heavy atom. The van der Waals surface area contributed by atoms with Crippen LogP contribution in [0.25, 0.3) is 0 Å². The van der Waals surface area contributed by atoms with Crippen LogP contribution in [0.15, 0.2) is 27.8 Å². The molecule has 24 heavy (non-hydrogen) atoms. The van der Waals surface area contributed by atoms with E-state index in [4.69, 9.17) is 9.15 Å². The van der Waals surface area contributed by atoms with Crippen molar-refractivity contribution in [2.75, 3.05) is 32.8 Å². The van der Waals surface area contributed by atoms with Gasteiger partial charge in [0.25, 0.3) is 0 Å². The first-order valence-corrected chi connectivity index (χ1v) is 8.64. The molecular weight excluding hydrogens is 308 g/mol. The number of carbonyl (C=O) groups is 1. The van der Waals surface area contributed by atoms with Crippen LogP contribution in [0.4, 0.5) is 0 Å². The first-order chi connectivity index (χ1) is 11.7. The van der Waals surface area contributed by atoms with Gasteiger partial charge in [-0.3, -0.25) is 9.79 Å². The Morgan fingerprint density at radius 1 is 1.29 bits per heavy atom. The van der Waals surface area contributed by atoms with Crippen LogP contribution in [-0.4, -0.2) is 50.8 Å². The zero-order chi connectivity index (χ0) is 17.0. The Hall–Kier alpha value is -2.02. The molecular formula is C17H28N4O3. The fourth-order valence-corrected chi connectivity index (χ4v) is 2.47. The molecule has 2 rings (SSSR count). The van der Waals surface area contributed by atoms with Crippen molar-refractivity contribution in [1.29, 1.82) is 0 Å². The van der Waals surface area contributed by atoms with Crippen LogP contribution >= 0.6 is 0 Å². The summed E-state index contributed by atoms with van der Waals surface area (Å²) in [7, 11) is 0. The van der Waals surface area contributed by atoms with Gasteiger partial charge >= 0.3 is 0 Å². The minimum atomic E-state index is -0.00107. The van der Waals surface area contributed by atoms with Crippen LogP contribution in [0.5, 0.6) is 0 Å². The van der Waals surface area contributed by atoms with Crippen molar-refractivity contribution in [3.63, 3.8) is 0 Å². The van der Waals surface area contributed by atoms with Gasteiger partial charge < -0.3 is 25.1 Å². The lowest BCUT2D eigenvalue weighted by atomic mass is 10.2. The lowest BCUT2D eigenvalue weighted by Gasteiger charge is -2.14. The van der Waals surface area contributed by atoms with E-state index in [1.807, 2.05) is 12.1 Å². The highest BCUT2D eigenvalue weighted by Gasteiger charge is 2.14. The first kappa shape index (κ1) is 18.3. The summed E-state index contributed by atoms with van der Waals surface area (Å²) in [5, 5.41) is 9.40. The van der Waals surface area contributed by atoms with E-state index in [2.05, 4.69) is 20.9 Å². The summed E-state index contributed by atoms with van der Waals surface area (Å²) >= 11 is 0. The number of guanidine groups is 1. The number of nitrogens with zero attached hydrogens (tertiary/aromatic N) is 1. The average molecular weight is 336 g/mol. The minimum absolute atomic E-state index is 0.00107. The standard InChI is InChI=1S/C17H28N4O3/c1-14(22)18-8-4-9-19-17(21-13-16-6-3-12-24-16)20-10-7-15-5-2-11-23-15/h2,5,11,16H,3-4,6-10,12-13H2,1H3,(H,18,22)(H2,19,20,21). The van der Waals surface area contributed by atoms with Crippen LogP contribution in [-0.2, 0) is 16.0 Å². The Labute approximate surface area is 143 Å². The fraction of sp³-hybridized carbons (Fsp3) is 0.647. The molecule has 0 saturated carbocycles. The van der Waals surface area contributed by atoms with Crippen LogP contribution < -0.4 is 16.0 Å². The van der Waals surface area contributed by atoms with Crippen molar-refractivity contribution in [3.8, 4) is 0 Å². The molecule has 1 aromatic heterocycles. The summed E-state index contributed by atoms with van der Waals surface area (Å²) in [4.78, 5) is 15.5. The number of rotatable bonds is 9. The zero-order valence-corrected chi connectivity index (χ0v) is 14.3. The highest BCUT2D eigenvalue weighted by atomic mass is 16.5. The maximum Gasteiger partial charge on any atom is 0.216 e. The highest BCUT2D eigenvalue weighted by Crippen LogP contribution is 2.11. The quantitative estimate of drug-likeness (QED) is 0.357. The van der Waals surface area contributed by atoms with Crippen molar-refractivity contribution >= 4 is 11.9 Å². The van der Waals surface area contributed by atoms with Gasteiger partial charge in [-0.05, 0) is 31.4 Å². The smallest absolute Gasteiger partial charge is 0.216 e. The zero-order valence-electron chi connectivity index (χ0n) is 14.3. The van der Waals surface area contributed by atoms with E-state index in [1.54, 1.807) is 6.26 Å². The third-order valence-electron chi connectivity index (χ3n) is 3.74. The van der Waals surface area contributed by atoms with Crippen molar-refractivity contribution < 1.29 is 13.9 Å². The topological polar surface area (TPSA) is 87.9 Å². The number of nitrogens with one attached hydrogen (secondary N) is 3. The van der Waals surface area contributed by atoms with Crippen molar-refractivity contribution in [1.82, 2.24) is 16.0 Å². The molecule has 134 valence electrons. The molecule has 1 saturated heterocycles. The van der Waals surface area contributed by atoms with E-state index in [0.29, 0.717) is 13.1 Å². The highest BCUT2D eigenvalue weighted by molar-refractivity contribution is 5.79. The molecule has 7 heteroatoms. The second-order valence-electron chi connectivity index (χ2n) is 5.84. The molecule has 0 aliphatic carbocycles. The minimum Gasteiger partial charge on any atom is -0.469 e. The summed E-state index contributed by atoms with van der Waals surface area (Å²) in [6.45, 7) is 5.19.